The Kier molecular flexibility index (Phi) is 9.08. The van der Waals surface area contributed by atoms with E-state index in [2.05, 4.69) is 5.32 Å². The molecule has 20 heavy (non-hydrogen) atoms. The van der Waals surface area contributed by atoms with E-state index < -0.39 is 24.6 Å². The van der Waals surface area contributed by atoms with Crippen LogP contribution >= 0.6 is 24.0 Å². The molecule has 1 atom stereocenters. The molecule has 6 N–H and O–H groups in total. The Morgan fingerprint density at radius 2 is 2.20 bits per heavy atom. The zero-order valence-electron chi connectivity index (χ0n) is 10.8. The van der Waals surface area contributed by atoms with Crippen molar-refractivity contribution in [3.05, 3.63) is 11.1 Å². The van der Waals surface area contributed by atoms with Gasteiger partial charge in [-0.25, -0.2) is 0 Å². The quantitative estimate of drug-likeness (QED) is 0.236. The van der Waals surface area contributed by atoms with Crippen LogP contribution in [0.1, 0.15) is 6.92 Å². The average molecular weight is 323 g/mol. The van der Waals surface area contributed by atoms with Gasteiger partial charge in [-0.1, -0.05) is 24.0 Å². The molecular formula is C10H17N3O5S2. The Labute approximate surface area is 125 Å². The van der Waals surface area contributed by atoms with E-state index in [0.717, 1.165) is 16.7 Å². The fourth-order valence-corrected chi connectivity index (χ4v) is 2.15. The number of carboxylic acids is 1. The molecule has 0 bridgehead atoms. The molecule has 10 heteroatoms. The van der Waals surface area contributed by atoms with Crippen molar-refractivity contribution in [3.63, 3.8) is 0 Å². The molecule has 0 aliphatic carbocycles. The molecule has 1 unspecified atom stereocenters. The molecule has 1 rings (SSSR count). The fraction of sp³-hybridized carbons (Fsp3) is 0.500. The first kappa shape index (κ1) is 18.8. The second-order valence-electron chi connectivity index (χ2n) is 3.52. The minimum absolute atomic E-state index is 0.0972. The molecular weight excluding hydrogens is 306 g/mol. The van der Waals surface area contributed by atoms with E-state index in [0.29, 0.717) is 6.54 Å². The molecule has 0 radical (unpaired) electrons. The highest BCUT2D eigenvalue weighted by Gasteiger charge is 2.33. The number of rotatable bonds is 5. The maximum Gasteiger partial charge on any atom is 0.323 e. The SMILES string of the molecule is CC(O)N/C=C1\SC(=S)N(CC(=O)O)C1=O.NCCO. The predicted molar refractivity (Wildman–Crippen MR) is 78.6 cm³/mol. The number of hydrogen-bond acceptors (Lipinski definition) is 8. The summed E-state index contributed by atoms with van der Waals surface area (Å²) in [7, 11) is 0. The average Bonchev–Trinajstić information content (AvgIpc) is 2.64. The van der Waals surface area contributed by atoms with Crippen LogP contribution in [0.3, 0.4) is 0 Å². The smallest absolute Gasteiger partial charge is 0.323 e. The number of nitrogens with one attached hydrogen (secondary N) is 1. The molecule has 1 saturated heterocycles. The molecule has 0 aromatic rings. The lowest BCUT2D eigenvalue weighted by atomic mass is 10.4. The van der Waals surface area contributed by atoms with Crippen molar-refractivity contribution in [3.8, 4) is 0 Å². The van der Waals surface area contributed by atoms with Gasteiger partial charge < -0.3 is 26.4 Å². The van der Waals surface area contributed by atoms with Gasteiger partial charge in [0.25, 0.3) is 5.91 Å². The van der Waals surface area contributed by atoms with E-state index in [9.17, 15) is 9.59 Å². The number of carbonyl (C=O) groups excluding carboxylic acids is 1. The highest BCUT2D eigenvalue weighted by atomic mass is 32.2. The molecule has 114 valence electrons. The molecule has 8 nitrogen and oxygen atoms in total. The lowest BCUT2D eigenvalue weighted by molar-refractivity contribution is -0.140. The van der Waals surface area contributed by atoms with E-state index in [1.807, 2.05) is 0 Å². The molecule has 1 fully saturated rings. The standard InChI is InChI=1S/C8H10N2O4S2.C2H7NO/c1-4(11)9-2-5-7(14)10(3-6(12)13)8(15)16-5;3-1-2-4/h2,4,9,11H,3H2,1H3,(H,12,13);4H,1-3H2/b5-2-;. The Bertz CT molecular complexity index is 398. The summed E-state index contributed by atoms with van der Waals surface area (Å²) < 4.78 is 0.200. The molecule has 0 aromatic carbocycles. The van der Waals surface area contributed by atoms with Crippen molar-refractivity contribution in [1.29, 1.82) is 0 Å². The molecule has 0 spiro atoms. The van der Waals surface area contributed by atoms with E-state index in [1.54, 1.807) is 0 Å². The summed E-state index contributed by atoms with van der Waals surface area (Å²) in [4.78, 5) is 23.4. The maximum atomic E-state index is 11.6. The Hall–Kier alpha value is -1.20. The summed E-state index contributed by atoms with van der Waals surface area (Å²) >= 11 is 5.86. The van der Waals surface area contributed by atoms with Gasteiger partial charge in [-0.3, -0.25) is 14.5 Å². The molecule has 1 heterocycles. The van der Waals surface area contributed by atoms with Crippen LogP contribution in [0.5, 0.6) is 0 Å². The van der Waals surface area contributed by atoms with Crippen LogP contribution in [0, 0.1) is 0 Å². The number of nitrogens with two attached hydrogens (primary N) is 1. The molecule has 1 amide bonds. The van der Waals surface area contributed by atoms with Gasteiger partial charge in [-0.05, 0) is 6.92 Å². The maximum absolute atomic E-state index is 11.6. The number of thioether (sulfide) groups is 1. The van der Waals surface area contributed by atoms with Gasteiger partial charge in [-0.2, -0.15) is 0 Å². The summed E-state index contributed by atoms with van der Waals surface area (Å²) in [6.45, 7) is 1.52. The summed E-state index contributed by atoms with van der Waals surface area (Å²) in [6.07, 6.45) is 0.536. The third-order valence-electron chi connectivity index (χ3n) is 1.75. The van der Waals surface area contributed by atoms with Crippen LogP contribution in [-0.2, 0) is 9.59 Å². The Morgan fingerprint density at radius 3 is 2.60 bits per heavy atom. The number of aliphatic carboxylic acids is 1. The van der Waals surface area contributed by atoms with Gasteiger partial charge in [0, 0.05) is 12.7 Å². The van der Waals surface area contributed by atoms with Gasteiger partial charge in [0.15, 0.2) is 0 Å². The van der Waals surface area contributed by atoms with Crippen LogP contribution < -0.4 is 11.1 Å². The van der Waals surface area contributed by atoms with E-state index in [-0.39, 0.29) is 15.8 Å². The highest BCUT2D eigenvalue weighted by Crippen LogP contribution is 2.29. The van der Waals surface area contributed by atoms with E-state index in [4.69, 9.17) is 33.3 Å². The van der Waals surface area contributed by atoms with Crippen molar-refractivity contribution in [1.82, 2.24) is 10.2 Å². The third-order valence-corrected chi connectivity index (χ3v) is 3.13. The first-order chi connectivity index (χ1) is 9.33. The summed E-state index contributed by atoms with van der Waals surface area (Å²) in [5, 5.41) is 27.8. The number of aliphatic hydroxyl groups is 2. The minimum atomic E-state index is -1.12. The topological polar surface area (TPSA) is 136 Å². The minimum Gasteiger partial charge on any atom is -0.480 e. The normalized spacial score (nSPS) is 17.8. The third kappa shape index (κ3) is 6.82. The van der Waals surface area contributed by atoms with Crippen molar-refractivity contribution in [2.24, 2.45) is 5.73 Å². The van der Waals surface area contributed by atoms with Crippen molar-refractivity contribution < 1.29 is 24.9 Å². The number of carbonyl (C=O) groups is 2. The molecule has 0 saturated carbocycles. The van der Waals surface area contributed by atoms with Crippen LogP contribution in [0.15, 0.2) is 11.1 Å². The second kappa shape index (κ2) is 9.66. The van der Waals surface area contributed by atoms with Crippen molar-refractivity contribution >= 4 is 40.2 Å². The van der Waals surface area contributed by atoms with Crippen molar-refractivity contribution in [2.75, 3.05) is 19.7 Å². The molecule has 0 aromatic heterocycles. The Morgan fingerprint density at radius 1 is 1.65 bits per heavy atom. The summed E-state index contributed by atoms with van der Waals surface area (Å²) in [6, 6.07) is 0. The van der Waals surface area contributed by atoms with Gasteiger partial charge in [-0.15, -0.1) is 0 Å². The second-order valence-corrected chi connectivity index (χ2v) is 5.19. The zero-order valence-corrected chi connectivity index (χ0v) is 12.4. The van der Waals surface area contributed by atoms with Crippen molar-refractivity contribution in [2.45, 2.75) is 13.2 Å². The van der Waals surface area contributed by atoms with Crippen LogP contribution in [0.25, 0.3) is 0 Å². The fourth-order valence-electron chi connectivity index (χ4n) is 0.968. The molecule has 1 aliphatic heterocycles. The van der Waals surface area contributed by atoms with Crippen LogP contribution in [0.4, 0.5) is 0 Å². The lowest BCUT2D eigenvalue weighted by Crippen LogP contribution is -2.33. The number of thiocarbonyl (C=S) groups is 1. The number of carboxylic acid groups (broad SMARTS) is 1. The lowest BCUT2D eigenvalue weighted by Gasteiger charge is -2.10. The summed E-state index contributed by atoms with van der Waals surface area (Å²) in [5.74, 6) is -1.59. The van der Waals surface area contributed by atoms with Crippen LogP contribution in [-0.4, -0.2) is 62.3 Å². The van der Waals surface area contributed by atoms with E-state index >= 15 is 0 Å². The molecule has 1 aliphatic rings. The van der Waals surface area contributed by atoms with Gasteiger partial charge in [0.2, 0.25) is 0 Å². The zero-order chi connectivity index (χ0) is 15.7. The van der Waals surface area contributed by atoms with Gasteiger partial charge in [0.1, 0.15) is 17.1 Å². The van der Waals surface area contributed by atoms with Gasteiger partial charge in [0.05, 0.1) is 11.5 Å². The van der Waals surface area contributed by atoms with E-state index in [1.165, 1.54) is 13.1 Å². The highest BCUT2D eigenvalue weighted by molar-refractivity contribution is 8.26. The first-order valence-corrected chi connectivity index (χ1v) is 6.76. The summed E-state index contributed by atoms with van der Waals surface area (Å²) in [5.41, 5.74) is 4.78. The number of nitrogens with zero attached hydrogens (tertiary/aromatic N) is 1. The number of aliphatic hydroxyl groups excluding tert-OH is 2. The van der Waals surface area contributed by atoms with Crippen LogP contribution in [0.2, 0.25) is 0 Å². The number of hydrogen-bond donors (Lipinski definition) is 5. The largest absolute Gasteiger partial charge is 0.480 e. The predicted octanol–water partition coefficient (Wildman–Crippen LogP) is -1.36. The Balaban J connectivity index is 0.000000796. The number of amides is 1. The monoisotopic (exact) mass is 323 g/mol. The van der Waals surface area contributed by atoms with Gasteiger partial charge >= 0.3 is 5.97 Å². The first-order valence-electron chi connectivity index (χ1n) is 5.54.